The Bertz CT molecular complexity index is 682. The highest BCUT2D eigenvalue weighted by Gasteiger charge is 2.23. The molecule has 24 heavy (non-hydrogen) atoms. The standard InChI is InChI=1S/C16H16O8/c1-3-23-15(21)12(16(22)24-4-2)7-9-5-6-10(13(17)18)8-11(9)14(19)20/h5-8H,3-4H2,1-2H3,(H,17,18)(H,19,20). The number of rotatable bonds is 7. The zero-order valence-electron chi connectivity index (χ0n) is 13.1. The molecule has 0 atom stereocenters. The first-order valence-electron chi connectivity index (χ1n) is 6.98. The molecular weight excluding hydrogens is 320 g/mol. The fourth-order valence-electron chi connectivity index (χ4n) is 1.77. The summed E-state index contributed by atoms with van der Waals surface area (Å²) in [5.74, 6) is -4.63. The lowest BCUT2D eigenvalue weighted by Crippen LogP contribution is -2.18. The van der Waals surface area contributed by atoms with Crippen LogP contribution in [0.5, 0.6) is 0 Å². The van der Waals surface area contributed by atoms with Gasteiger partial charge in [-0.1, -0.05) is 6.07 Å². The summed E-state index contributed by atoms with van der Waals surface area (Å²) in [6.07, 6.45) is 1.01. The van der Waals surface area contributed by atoms with Gasteiger partial charge < -0.3 is 19.7 Å². The molecule has 0 heterocycles. The van der Waals surface area contributed by atoms with E-state index in [1.54, 1.807) is 13.8 Å². The highest BCUT2D eigenvalue weighted by Crippen LogP contribution is 2.18. The summed E-state index contributed by atoms with van der Waals surface area (Å²) in [4.78, 5) is 46.0. The van der Waals surface area contributed by atoms with E-state index in [9.17, 15) is 24.3 Å². The minimum absolute atomic E-state index is 0.0132. The summed E-state index contributed by atoms with van der Waals surface area (Å²) >= 11 is 0. The van der Waals surface area contributed by atoms with E-state index in [1.165, 1.54) is 6.07 Å². The van der Waals surface area contributed by atoms with Crippen molar-refractivity contribution in [1.29, 1.82) is 0 Å². The van der Waals surface area contributed by atoms with Crippen molar-refractivity contribution in [3.63, 3.8) is 0 Å². The molecule has 0 saturated heterocycles. The smallest absolute Gasteiger partial charge is 0.345 e. The van der Waals surface area contributed by atoms with Gasteiger partial charge in [-0.25, -0.2) is 19.2 Å². The van der Waals surface area contributed by atoms with Crippen LogP contribution in [0.25, 0.3) is 6.08 Å². The molecule has 0 saturated carbocycles. The average molecular weight is 336 g/mol. The van der Waals surface area contributed by atoms with Crippen LogP contribution in [0.4, 0.5) is 0 Å². The number of carboxylic acids is 2. The fraction of sp³-hybridized carbons (Fsp3) is 0.250. The van der Waals surface area contributed by atoms with Crippen molar-refractivity contribution >= 4 is 30.0 Å². The van der Waals surface area contributed by atoms with Crippen molar-refractivity contribution in [2.24, 2.45) is 0 Å². The Morgan fingerprint density at radius 3 is 1.92 bits per heavy atom. The van der Waals surface area contributed by atoms with E-state index >= 15 is 0 Å². The van der Waals surface area contributed by atoms with Crippen LogP contribution >= 0.6 is 0 Å². The zero-order chi connectivity index (χ0) is 18.3. The molecule has 2 N–H and O–H groups in total. The van der Waals surface area contributed by atoms with Gasteiger partial charge >= 0.3 is 23.9 Å². The third kappa shape index (κ3) is 4.67. The lowest BCUT2D eigenvalue weighted by Gasteiger charge is -2.08. The molecule has 0 aliphatic carbocycles. The minimum atomic E-state index is -1.41. The quantitative estimate of drug-likeness (QED) is 0.332. The molecule has 0 aliphatic heterocycles. The molecule has 0 spiro atoms. The van der Waals surface area contributed by atoms with Gasteiger partial charge in [0.25, 0.3) is 0 Å². The van der Waals surface area contributed by atoms with Gasteiger partial charge in [-0.3, -0.25) is 0 Å². The van der Waals surface area contributed by atoms with Crippen LogP contribution < -0.4 is 0 Å². The van der Waals surface area contributed by atoms with Crippen molar-refractivity contribution in [2.45, 2.75) is 13.8 Å². The number of hydrogen-bond acceptors (Lipinski definition) is 6. The van der Waals surface area contributed by atoms with E-state index in [-0.39, 0.29) is 29.9 Å². The van der Waals surface area contributed by atoms with Crippen LogP contribution in [-0.4, -0.2) is 47.3 Å². The van der Waals surface area contributed by atoms with E-state index < -0.39 is 29.5 Å². The number of benzene rings is 1. The minimum Gasteiger partial charge on any atom is -0.478 e. The summed E-state index contributed by atoms with van der Waals surface area (Å²) < 4.78 is 9.51. The van der Waals surface area contributed by atoms with Gasteiger partial charge in [-0.05, 0) is 37.6 Å². The summed E-state index contributed by atoms with van der Waals surface area (Å²) in [5.41, 5.74) is -1.12. The number of ether oxygens (including phenoxy) is 2. The predicted octanol–water partition coefficient (Wildman–Crippen LogP) is 1.59. The van der Waals surface area contributed by atoms with Gasteiger partial charge in [0.15, 0.2) is 0 Å². The van der Waals surface area contributed by atoms with Gasteiger partial charge in [0.1, 0.15) is 5.57 Å². The Morgan fingerprint density at radius 2 is 1.50 bits per heavy atom. The van der Waals surface area contributed by atoms with Crippen LogP contribution in [0.1, 0.15) is 40.1 Å². The van der Waals surface area contributed by atoms with Crippen LogP contribution in [0, 0.1) is 0 Å². The van der Waals surface area contributed by atoms with Crippen molar-refractivity contribution in [3.8, 4) is 0 Å². The Kier molecular flexibility index (Phi) is 6.66. The molecule has 0 amide bonds. The summed E-state index contributed by atoms with van der Waals surface area (Å²) in [5, 5.41) is 18.1. The Morgan fingerprint density at radius 1 is 0.958 bits per heavy atom. The van der Waals surface area contributed by atoms with Gasteiger partial charge in [-0.15, -0.1) is 0 Å². The topological polar surface area (TPSA) is 127 Å². The maximum absolute atomic E-state index is 11.9. The molecule has 0 bridgehead atoms. The SMILES string of the molecule is CCOC(=O)C(=Cc1ccc(C(=O)O)cc1C(=O)O)C(=O)OCC. The van der Waals surface area contributed by atoms with Gasteiger partial charge in [0.2, 0.25) is 0 Å². The molecule has 0 fully saturated rings. The molecule has 8 nitrogen and oxygen atoms in total. The number of hydrogen-bond donors (Lipinski definition) is 2. The molecule has 0 unspecified atom stereocenters. The van der Waals surface area contributed by atoms with E-state index in [4.69, 9.17) is 14.6 Å². The third-order valence-electron chi connectivity index (χ3n) is 2.82. The number of carbonyl (C=O) groups is 4. The number of aromatic carboxylic acids is 2. The van der Waals surface area contributed by atoms with Gasteiger partial charge in [-0.2, -0.15) is 0 Å². The average Bonchev–Trinajstić information content (AvgIpc) is 2.52. The second-order valence-electron chi connectivity index (χ2n) is 4.41. The molecule has 1 aromatic rings. The number of carbonyl (C=O) groups excluding carboxylic acids is 2. The predicted molar refractivity (Wildman–Crippen MR) is 81.6 cm³/mol. The normalized spacial score (nSPS) is 9.75. The Labute approximate surface area is 137 Å². The first-order chi connectivity index (χ1) is 11.3. The fourth-order valence-corrected chi connectivity index (χ4v) is 1.77. The third-order valence-corrected chi connectivity index (χ3v) is 2.82. The maximum atomic E-state index is 11.9. The molecule has 0 radical (unpaired) electrons. The van der Waals surface area contributed by atoms with Crippen LogP contribution in [-0.2, 0) is 19.1 Å². The maximum Gasteiger partial charge on any atom is 0.345 e. The van der Waals surface area contributed by atoms with Crippen molar-refractivity contribution in [2.75, 3.05) is 13.2 Å². The lowest BCUT2D eigenvalue weighted by molar-refractivity contribution is -0.146. The van der Waals surface area contributed by atoms with Crippen molar-refractivity contribution in [1.82, 2.24) is 0 Å². The molecule has 1 rings (SSSR count). The van der Waals surface area contributed by atoms with Crippen molar-refractivity contribution in [3.05, 3.63) is 40.5 Å². The summed E-state index contributed by atoms with van der Waals surface area (Å²) in [7, 11) is 0. The summed E-state index contributed by atoms with van der Waals surface area (Å²) in [6, 6.07) is 3.28. The van der Waals surface area contributed by atoms with Gasteiger partial charge in [0, 0.05) is 0 Å². The van der Waals surface area contributed by atoms with Crippen molar-refractivity contribution < 1.29 is 38.9 Å². The molecule has 0 aromatic heterocycles. The second kappa shape index (κ2) is 8.47. The Hall–Kier alpha value is -3.16. The van der Waals surface area contributed by atoms with E-state index in [2.05, 4.69) is 0 Å². The molecule has 1 aromatic carbocycles. The summed E-state index contributed by atoms with van der Waals surface area (Å²) in [6.45, 7) is 3.12. The largest absolute Gasteiger partial charge is 0.478 e. The molecule has 0 aliphatic rings. The molecular formula is C16H16O8. The second-order valence-corrected chi connectivity index (χ2v) is 4.41. The first-order valence-corrected chi connectivity index (χ1v) is 6.98. The van der Waals surface area contributed by atoms with Crippen LogP contribution in [0.15, 0.2) is 23.8 Å². The number of esters is 2. The van der Waals surface area contributed by atoms with Crippen LogP contribution in [0.2, 0.25) is 0 Å². The zero-order valence-corrected chi connectivity index (χ0v) is 13.1. The number of carboxylic acid groups (broad SMARTS) is 2. The molecule has 8 heteroatoms. The Balaban J connectivity index is 3.44. The first kappa shape index (κ1) is 18.9. The molecule has 128 valence electrons. The van der Waals surface area contributed by atoms with E-state index in [0.29, 0.717) is 0 Å². The van der Waals surface area contributed by atoms with E-state index in [0.717, 1.165) is 18.2 Å². The van der Waals surface area contributed by atoms with E-state index in [1.807, 2.05) is 0 Å². The highest BCUT2D eigenvalue weighted by molar-refractivity contribution is 6.18. The monoisotopic (exact) mass is 336 g/mol. The van der Waals surface area contributed by atoms with Crippen LogP contribution in [0.3, 0.4) is 0 Å². The van der Waals surface area contributed by atoms with Gasteiger partial charge in [0.05, 0.1) is 24.3 Å². The lowest BCUT2D eigenvalue weighted by atomic mass is 10.0. The highest BCUT2D eigenvalue weighted by atomic mass is 16.6.